The van der Waals surface area contributed by atoms with E-state index < -0.39 is 37.5 Å². The molecule has 3 saturated carbocycles. The number of anilines is 2. The molecule has 8 rings (SSSR count). The van der Waals surface area contributed by atoms with Gasteiger partial charge in [-0.2, -0.15) is 11.0 Å². The molecule has 2 heterocycles. The Bertz CT molecular complexity index is 2080. The van der Waals surface area contributed by atoms with Gasteiger partial charge in [-0.3, -0.25) is 14.9 Å². The number of nitro groups is 1. The molecule has 3 aromatic carbocycles. The van der Waals surface area contributed by atoms with Crippen LogP contribution in [-0.4, -0.2) is 73.4 Å². The summed E-state index contributed by atoms with van der Waals surface area (Å²) >= 11 is -0.346. The minimum atomic E-state index is -4.20. The maximum atomic E-state index is 12.7. The topological polar surface area (TPSA) is 113 Å². The van der Waals surface area contributed by atoms with E-state index in [4.69, 9.17) is 19.4 Å². The van der Waals surface area contributed by atoms with E-state index in [0.29, 0.717) is 0 Å². The number of sulfonamides is 1. The molecule has 0 radical (unpaired) electrons. The molecule has 1 atom stereocenters. The first-order chi connectivity index (χ1) is 32.1. The van der Waals surface area contributed by atoms with Crippen molar-refractivity contribution in [3.63, 3.8) is 0 Å². The van der Waals surface area contributed by atoms with E-state index in [1.165, 1.54) is 73.9 Å². The molecule has 5 aliphatic rings. The van der Waals surface area contributed by atoms with E-state index in [1.807, 2.05) is 0 Å². The summed E-state index contributed by atoms with van der Waals surface area (Å²) < 4.78 is 31.0. The Labute approximate surface area is 419 Å². The van der Waals surface area contributed by atoms with Crippen LogP contribution in [0.1, 0.15) is 136 Å². The zero-order valence-corrected chi connectivity index (χ0v) is 45.9. The number of ether oxygens (including phenoxy) is 1. The van der Waals surface area contributed by atoms with E-state index in [2.05, 4.69) is 87.0 Å². The van der Waals surface area contributed by atoms with Crippen LogP contribution in [0.2, 0.25) is 0 Å². The number of carbonyl (C=O) groups excluding carboxylic acids is 1. The van der Waals surface area contributed by atoms with Gasteiger partial charge in [0.15, 0.2) is 4.90 Å². The number of hydrogen-bond acceptors (Lipinski definition) is 8. The average Bonchev–Trinajstić information content (AvgIpc) is 3.78. The molecule has 3 aliphatic carbocycles. The molecular weight excluding hydrogens is 1010 g/mol. The Kier molecular flexibility index (Phi) is 22.4. The zero-order valence-electron chi connectivity index (χ0n) is 40.9. The summed E-state index contributed by atoms with van der Waals surface area (Å²) in [5.74, 6) is -0.702. The van der Waals surface area contributed by atoms with Gasteiger partial charge in [0.2, 0.25) is 0 Å². The van der Waals surface area contributed by atoms with Crippen LogP contribution in [0.3, 0.4) is 0 Å². The van der Waals surface area contributed by atoms with Crippen molar-refractivity contribution in [2.45, 2.75) is 172 Å². The molecule has 372 valence electrons. The minimum absolute atomic E-state index is 0.0465. The number of para-hydroxylation sites is 1. The average molecular weight is 1090 g/mol. The summed E-state index contributed by atoms with van der Waals surface area (Å²) in [6.07, 6.45) is 27.2. The molecule has 0 amide bonds. The van der Waals surface area contributed by atoms with Crippen molar-refractivity contribution >= 4 is 60.4 Å². The van der Waals surface area contributed by atoms with E-state index in [9.17, 15) is 23.3 Å². The third kappa shape index (κ3) is 15.0. The summed E-state index contributed by atoms with van der Waals surface area (Å²) in [7, 11) is 6.62. The molecule has 0 N–H and O–H groups in total. The first-order valence-corrected chi connectivity index (χ1v) is 32.0. The summed E-state index contributed by atoms with van der Waals surface area (Å²) in [6, 6.07) is 13.1. The Hall–Kier alpha value is -2.59. The van der Waals surface area contributed by atoms with E-state index in [0.717, 1.165) is 36.6 Å². The van der Waals surface area contributed by atoms with Crippen LogP contribution in [0.5, 0.6) is 0 Å². The fraction of sp³-hybridized carbons (Fsp3) is 0.577. The molecule has 67 heavy (non-hydrogen) atoms. The number of benzene rings is 3. The van der Waals surface area contributed by atoms with Crippen molar-refractivity contribution in [1.29, 1.82) is 0 Å². The van der Waals surface area contributed by atoms with Gasteiger partial charge >= 0.3 is 40.5 Å². The van der Waals surface area contributed by atoms with Crippen molar-refractivity contribution in [3.8, 4) is 0 Å². The third-order valence-corrected chi connectivity index (χ3v) is 20.7. The van der Waals surface area contributed by atoms with Crippen LogP contribution in [0.25, 0.3) is 0 Å². The Morgan fingerprint density at radius 1 is 0.716 bits per heavy atom. The van der Waals surface area contributed by atoms with E-state index >= 15 is 0 Å². The fourth-order valence-electron chi connectivity index (χ4n) is 11.6. The van der Waals surface area contributed by atoms with Gasteiger partial charge in [-0.25, -0.2) is 8.42 Å². The van der Waals surface area contributed by atoms with Crippen LogP contribution >= 0.6 is 27.3 Å². The molecule has 15 heteroatoms. The zero-order chi connectivity index (χ0) is 48.7. The molecule has 3 aromatic rings. The van der Waals surface area contributed by atoms with Crippen molar-refractivity contribution in [3.05, 3.63) is 111 Å². The number of aryl methyl sites for hydroxylation is 6. The standard InChI is InChI=1S/C21H27N2.C18H33P.C13H14N2O6S.2ClH.Ru/c1-14-9-16(3)20(17(4)10-14)22-7-8-23(13-22)21-18(5)11-15(2)12-19(21)6;1-4-10-16(11-5-1)19(17-12-6-2-7-13-17)18-14-8-3-9-15-18;1-21-13(16)11-7-4-5-9-14(11)22(19,20)12-8-3-2-6-10(12)15(17)18;;;/h9-13H,7-8H2,1-6H3;16-18H,1-15H2;2-6,8,11H,7,9H2,1H3;2*1H;/q-1;;;;;+2/p-1/t;;11-;;;/m..0.../s1. The summed E-state index contributed by atoms with van der Waals surface area (Å²) in [5, 5.41) is 11.0. The van der Waals surface area contributed by atoms with Crippen molar-refractivity contribution < 1.29 is 38.0 Å². The second-order valence-corrected chi connectivity index (χ2v) is 27.0. The van der Waals surface area contributed by atoms with Crippen molar-refractivity contribution in [2.24, 2.45) is 0 Å². The van der Waals surface area contributed by atoms with Crippen LogP contribution in [0, 0.1) is 58.3 Å². The molecule has 0 spiro atoms. The molecule has 0 bridgehead atoms. The van der Waals surface area contributed by atoms with Gasteiger partial charge in [-0.05, 0) is 153 Å². The summed E-state index contributed by atoms with van der Waals surface area (Å²) in [6.45, 7) is 17.5. The van der Waals surface area contributed by atoms with Crippen LogP contribution in [-0.2, 0) is 34.7 Å². The van der Waals surface area contributed by atoms with E-state index in [-0.39, 0.29) is 36.0 Å². The first kappa shape index (κ1) is 55.3. The molecule has 2 aliphatic heterocycles. The van der Waals surface area contributed by atoms with Gasteiger partial charge in [0.1, 0.15) is 6.04 Å². The Morgan fingerprint density at radius 2 is 1.12 bits per heavy atom. The number of esters is 1. The predicted octanol–water partition coefficient (Wildman–Crippen LogP) is 13.6. The number of nitrogens with zero attached hydrogens (tertiary/aromatic N) is 4. The second-order valence-electron chi connectivity index (χ2n) is 19.1. The maximum absolute atomic E-state index is 12.7. The predicted molar refractivity (Wildman–Crippen MR) is 277 cm³/mol. The number of carbonyl (C=O) groups is 1. The van der Waals surface area contributed by atoms with Gasteiger partial charge in [0, 0.05) is 45.0 Å². The SMILES string of the molecule is C1CCC([PH+](C2CCCCC2)C2CCCCC2)CC1.COC(=O)[C@@H]1CC=CCN1S(=O)(=O)c1ccccc1[N+](=O)[O-].Cc1cc(C)c(N2[CH-]N(c3c(C)cc(C)cc3C)CC2)c(C)c1.[Cl][Ru][Cl]. The van der Waals surface area contributed by atoms with Gasteiger partial charge in [-0.1, -0.05) is 78.9 Å². The van der Waals surface area contributed by atoms with Crippen LogP contribution < -0.4 is 9.80 Å². The summed E-state index contributed by atoms with van der Waals surface area (Å²) in [5.41, 5.74) is 14.0. The molecule has 1 saturated heterocycles. The third-order valence-electron chi connectivity index (χ3n) is 14.2. The quantitative estimate of drug-likeness (QED) is 0.0396. The molecule has 10 nitrogen and oxygen atoms in total. The number of nitro benzene ring substituents is 1. The monoisotopic (exact) mass is 1090 g/mol. The van der Waals surface area contributed by atoms with Gasteiger partial charge < -0.3 is 14.5 Å². The van der Waals surface area contributed by atoms with Crippen LogP contribution in [0.4, 0.5) is 17.1 Å². The first-order valence-electron chi connectivity index (χ1n) is 24.4. The number of hydrogen-bond donors (Lipinski definition) is 0. The van der Waals surface area contributed by atoms with Crippen LogP contribution in [0.15, 0.2) is 65.6 Å². The molecule has 4 fully saturated rings. The number of methoxy groups -OCH3 is 1. The Balaban J connectivity index is 0.000000183. The van der Waals surface area contributed by atoms with Gasteiger partial charge in [-0.15, -0.1) is 0 Å². The number of halogens is 2. The molecular formula is C52H75Cl2N4O6PRuS. The normalized spacial score (nSPS) is 19.8. The fourth-order valence-corrected chi connectivity index (χ4v) is 18.5. The second kappa shape index (κ2) is 27.1. The van der Waals surface area contributed by atoms with Gasteiger partial charge in [0.25, 0.3) is 15.7 Å². The summed E-state index contributed by atoms with van der Waals surface area (Å²) in [4.78, 5) is 26.4. The molecule has 0 unspecified atom stereocenters. The molecule has 0 aromatic heterocycles. The van der Waals surface area contributed by atoms with E-state index in [1.54, 1.807) is 108 Å². The van der Waals surface area contributed by atoms with Crippen molar-refractivity contribution in [1.82, 2.24) is 4.31 Å². The Morgan fingerprint density at radius 3 is 1.51 bits per heavy atom. The van der Waals surface area contributed by atoms with Crippen molar-refractivity contribution in [2.75, 3.05) is 36.5 Å². The number of rotatable bonds is 9. The van der Waals surface area contributed by atoms with Gasteiger partial charge in [0.05, 0.1) is 29.0 Å².